The first-order valence-corrected chi connectivity index (χ1v) is 11.4. The lowest BCUT2D eigenvalue weighted by Gasteiger charge is -2.09. The molecule has 0 fully saturated rings. The van der Waals surface area contributed by atoms with E-state index in [4.69, 9.17) is 14.7 Å². The van der Waals surface area contributed by atoms with Crippen molar-refractivity contribution in [3.63, 3.8) is 0 Å². The summed E-state index contributed by atoms with van der Waals surface area (Å²) in [6.07, 6.45) is 1.85. The Balaban J connectivity index is 1.54. The average Bonchev–Trinajstić information content (AvgIpc) is 3.27. The molecule has 5 rings (SSSR count). The quantitative estimate of drug-likeness (QED) is 0.236. The maximum absolute atomic E-state index is 5.28. The first-order chi connectivity index (χ1) is 15.8. The van der Waals surface area contributed by atoms with Gasteiger partial charge in [-0.1, -0.05) is 84.6 Å². The molecular weight excluding hydrogens is 416 g/mol. The molecule has 0 atom stereocenters. The van der Waals surface area contributed by atoms with Gasteiger partial charge in [0.05, 0.1) is 20.0 Å². The average molecular weight is 439 g/mol. The first-order valence-electron chi connectivity index (χ1n) is 10.4. The molecule has 32 heavy (non-hydrogen) atoms. The number of fused-ring (bicyclic) bond motifs is 1. The number of methoxy groups -OCH3 is 1. The lowest BCUT2D eigenvalue weighted by Crippen LogP contribution is -2.01. The number of rotatable bonds is 7. The summed E-state index contributed by atoms with van der Waals surface area (Å²) in [6.45, 7) is 0.675. The van der Waals surface area contributed by atoms with E-state index in [2.05, 4.69) is 45.9 Å². The molecule has 2 aromatic heterocycles. The Kier molecular flexibility index (Phi) is 5.85. The second kappa shape index (κ2) is 9.24. The summed E-state index contributed by atoms with van der Waals surface area (Å²) in [5, 5.41) is 0.895. The van der Waals surface area contributed by atoms with Crippen LogP contribution >= 0.6 is 11.8 Å². The molecule has 2 heterocycles. The van der Waals surface area contributed by atoms with Crippen LogP contribution in [-0.4, -0.2) is 26.6 Å². The predicted octanol–water partition coefficient (Wildman–Crippen LogP) is 5.84. The van der Waals surface area contributed by atoms with Crippen LogP contribution in [0.1, 0.15) is 11.1 Å². The number of thioether (sulfide) groups is 1. The van der Waals surface area contributed by atoms with Gasteiger partial charge in [0, 0.05) is 11.3 Å². The molecule has 6 heteroatoms. The van der Waals surface area contributed by atoms with Gasteiger partial charge in [-0.3, -0.25) is 0 Å². The fraction of sp³-hybridized carbons (Fsp3) is 0.115. The minimum atomic E-state index is 0.675. The number of hydrogen-bond acceptors (Lipinski definition) is 5. The molecular formula is C26H22N4OS. The Labute approximate surface area is 191 Å². The summed E-state index contributed by atoms with van der Waals surface area (Å²) >= 11 is 1.69. The minimum absolute atomic E-state index is 0.675. The third-order valence-electron chi connectivity index (χ3n) is 5.19. The molecule has 0 aliphatic rings. The Bertz CT molecular complexity index is 1320. The Morgan fingerprint density at radius 1 is 0.812 bits per heavy atom. The number of aromatic nitrogens is 4. The molecule has 5 nitrogen and oxygen atoms in total. The van der Waals surface area contributed by atoms with Gasteiger partial charge >= 0.3 is 0 Å². The first kappa shape index (κ1) is 20.3. The van der Waals surface area contributed by atoms with Crippen LogP contribution in [0, 0.1) is 0 Å². The largest absolute Gasteiger partial charge is 0.497 e. The van der Waals surface area contributed by atoms with Crippen LogP contribution in [0.15, 0.2) is 96.3 Å². The summed E-state index contributed by atoms with van der Waals surface area (Å²) in [6, 6.07) is 28.6. The van der Waals surface area contributed by atoms with Crippen LogP contribution in [0.3, 0.4) is 0 Å². The van der Waals surface area contributed by atoms with Crippen LogP contribution in [0.5, 0.6) is 5.75 Å². The van der Waals surface area contributed by atoms with Gasteiger partial charge in [0.25, 0.3) is 0 Å². The van der Waals surface area contributed by atoms with Crippen molar-refractivity contribution < 1.29 is 4.74 Å². The van der Waals surface area contributed by atoms with Gasteiger partial charge < -0.3 is 9.30 Å². The monoisotopic (exact) mass is 438 g/mol. The third kappa shape index (κ3) is 4.36. The summed E-state index contributed by atoms with van der Waals surface area (Å²) in [7, 11) is 1.68. The van der Waals surface area contributed by atoms with Gasteiger partial charge in [-0.2, -0.15) is 0 Å². The van der Waals surface area contributed by atoms with E-state index in [0.717, 1.165) is 38.8 Å². The zero-order chi connectivity index (χ0) is 21.8. The SMILES string of the molecule is COc1ccc(Cn2cnc3c(SCc4ccccc4)nc(-c4ccccc4)nc32)cc1. The van der Waals surface area contributed by atoms with E-state index in [9.17, 15) is 0 Å². The molecule has 5 aromatic rings. The molecule has 0 unspecified atom stereocenters. The molecule has 0 aliphatic heterocycles. The summed E-state index contributed by atoms with van der Waals surface area (Å²) in [4.78, 5) is 14.5. The molecule has 0 saturated carbocycles. The number of hydrogen-bond donors (Lipinski definition) is 0. The van der Waals surface area contributed by atoms with Crippen LogP contribution in [0.25, 0.3) is 22.6 Å². The number of imidazole rings is 1. The molecule has 158 valence electrons. The predicted molar refractivity (Wildman–Crippen MR) is 129 cm³/mol. The van der Waals surface area contributed by atoms with Gasteiger partial charge in [0.15, 0.2) is 11.5 Å². The van der Waals surface area contributed by atoms with Gasteiger partial charge in [0.2, 0.25) is 0 Å². The van der Waals surface area contributed by atoms with E-state index in [1.165, 1.54) is 5.56 Å². The summed E-state index contributed by atoms with van der Waals surface area (Å²) < 4.78 is 7.36. The smallest absolute Gasteiger partial charge is 0.165 e. The fourth-order valence-electron chi connectivity index (χ4n) is 3.50. The zero-order valence-corrected chi connectivity index (χ0v) is 18.5. The molecule has 0 radical (unpaired) electrons. The Morgan fingerprint density at radius 2 is 1.53 bits per heavy atom. The molecule has 0 amide bonds. The van der Waals surface area contributed by atoms with Crippen molar-refractivity contribution in [3.05, 3.63) is 102 Å². The molecule has 0 N–H and O–H groups in total. The van der Waals surface area contributed by atoms with E-state index in [0.29, 0.717) is 12.4 Å². The van der Waals surface area contributed by atoms with Crippen molar-refractivity contribution >= 4 is 22.9 Å². The van der Waals surface area contributed by atoms with Crippen molar-refractivity contribution in [3.8, 4) is 17.1 Å². The van der Waals surface area contributed by atoms with Crippen LogP contribution < -0.4 is 4.74 Å². The summed E-state index contributed by atoms with van der Waals surface area (Å²) in [5.41, 5.74) is 5.07. The lowest BCUT2D eigenvalue weighted by atomic mass is 10.2. The second-order valence-electron chi connectivity index (χ2n) is 7.39. The highest BCUT2D eigenvalue weighted by Gasteiger charge is 2.15. The molecule has 0 spiro atoms. The Hall–Kier alpha value is -3.64. The van der Waals surface area contributed by atoms with Gasteiger partial charge in [0.1, 0.15) is 16.3 Å². The van der Waals surface area contributed by atoms with Crippen molar-refractivity contribution in [1.29, 1.82) is 0 Å². The van der Waals surface area contributed by atoms with E-state index in [1.807, 2.05) is 54.9 Å². The maximum Gasteiger partial charge on any atom is 0.165 e. The van der Waals surface area contributed by atoms with E-state index in [-0.39, 0.29) is 0 Å². The highest BCUT2D eigenvalue weighted by molar-refractivity contribution is 7.98. The number of ether oxygens (including phenoxy) is 1. The Morgan fingerprint density at radius 3 is 2.25 bits per heavy atom. The fourth-order valence-corrected chi connectivity index (χ4v) is 4.43. The van der Waals surface area contributed by atoms with Crippen molar-refractivity contribution in [2.24, 2.45) is 0 Å². The van der Waals surface area contributed by atoms with Gasteiger partial charge in [-0.15, -0.1) is 0 Å². The summed E-state index contributed by atoms with van der Waals surface area (Å²) in [5.74, 6) is 2.38. The van der Waals surface area contributed by atoms with Gasteiger partial charge in [-0.25, -0.2) is 15.0 Å². The third-order valence-corrected chi connectivity index (χ3v) is 6.23. The number of benzene rings is 3. The van der Waals surface area contributed by atoms with Crippen LogP contribution in [0.2, 0.25) is 0 Å². The topological polar surface area (TPSA) is 52.8 Å². The van der Waals surface area contributed by atoms with Crippen molar-refractivity contribution in [1.82, 2.24) is 19.5 Å². The van der Waals surface area contributed by atoms with Crippen LogP contribution in [-0.2, 0) is 12.3 Å². The normalized spacial score (nSPS) is 11.0. The lowest BCUT2D eigenvalue weighted by molar-refractivity contribution is 0.414. The number of nitrogens with zero attached hydrogens (tertiary/aromatic N) is 4. The molecule has 3 aromatic carbocycles. The van der Waals surface area contributed by atoms with E-state index >= 15 is 0 Å². The van der Waals surface area contributed by atoms with Crippen LogP contribution in [0.4, 0.5) is 0 Å². The molecule has 0 bridgehead atoms. The maximum atomic E-state index is 5.28. The standard InChI is InChI=1S/C26H22N4OS/c1-31-22-14-12-19(13-15-22)16-30-18-27-23-25(30)28-24(21-10-6-3-7-11-21)29-26(23)32-17-20-8-4-2-5-9-20/h2-15,18H,16-17H2,1H3. The minimum Gasteiger partial charge on any atom is -0.497 e. The highest BCUT2D eigenvalue weighted by atomic mass is 32.2. The van der Waals surface area contributed by atoms with E-state index in [1.54, 1.807) is 18.9 Å². The van der Waals surface area contributed by atoms with Gasteiger partial charge in [-0.05, 0) is 23.3 Å². The second-order valence-corrected chi connectivity index (χ2v) is 8.35. The van der Waals surface area contributed by atoms with E-state index < -0.39 is 0 Å². The zero-order valence-electron chi connectivity index (χ0n) is 17.7. The molecule has 0 aliphatic carbocycles. The van der Waals surface area contributed by atoms with Crippen molar-refractivity contribution in [2.75, 3.05) is 7.11 Å². The van der Waals surface area contributed by atoms with Crippen molar-refractivity contribution in [2.45, 2.75) is 17.3 Å². The highest BCUT2D eigenvalue weighted by Crippen LogP contribution is 2.30. The molecule has 0 saturated heterocycles.